The van der Waals surface area contributed by atoms with Crippen molar-refractivity contribution in [2.75, 3.05) is 20.3 Å². The van der Waals surface area contributed by atoms with Crippen LogP contribution in [0.25, 0.3) is 0 Å². The van der Waals surface area contributed by atoms with Gasteiger partial charge in [0.1, 0.15) is 5.15 Å². The summed E-state index contributed by atoms with van der Waals surface area (Å²) in [5, 5.41) is 2.07. The first-order valence-electron chi connectivity index (χ1n) is 6.17. The third-order valence-electron chi connectivity index (χ3n) is 2.79. The Morgan fingerprint density at radius 2 is 2.24 bits per heavy atom. The molecule has 0 radical (unpaired) electrons. The van der Waals surface area contributed by atoms with Crippen LogP contribution in [0.3, 0.4) is 0 Å². The highest BCUT2D eigenvalue weighted by Crippen LogP contribution is 2.21. The number of thiophene rings is 1. The molecule has 0 aliphatic rings. The van der Waals surface area contributed by atoms with Crippen LogP contribution in [0.4, 0.5) is 0 Å². The molecule has 0 spiro atoms. The van der Waals surface area contributed by atoms with E-state index in [1.54, 1.807) is 7.11 Å². The van der Waals surface area contributed by atoms with Crippen molar-refractivity contribution in [3.63, 3.8) is 0 Å². The fourth-order valence-corrected chi connectivity index (χ4v) is 4.20. The van der Waals surface area contributed by atoms with Gasteiger partial charge < -0.3 is 4.74 Å². The van der Waals surface area contributed by atoms with Gasteiger partial charge in [0.2, 0.25) is 10.0 Å². The molecular formula is C13H15ClN2O3S2. The van der Waals surface area contributed by atoms with Gasteiger partial charge in [0.25, 0.3) is 0 Å². The minimum Gasteiger partial charge on any atom is -0.383 e. The van der Waals surface area contributed by atoms with Crippen molar-refractivity contribution in [3.8, 4) is 0 Å². The lowest BCUT2D eigenvalue weighted by Gasteiger charge is -2.21. The van der Waals surface area contributed by atoms with E-state index in [0.29, 0.717) is 13.2 Å². The number of methoxy groups -OCH3 is 1. The average molecular weight is 347 g/mol. The van der Waals surface area contributed by atoms with Gasteiger partial charge in [-0.1, -0.05) is 17.7 Å². The van der Waals surface area contributed by atoms with E-state index in [1.165, 1.54) is 34.0 Å². The number of hydrogen-bond acceptors (Lipinski definition) is 5. The topological polar surface area (TPSA) is 59.5 Å². The van der Waals surface area contributed by atoms with E-state index in [2.05, 4.69) is 4.98 Å². The van der Waals surface area contributed by atoms with Gasteiger partial charge in [-0.05, 0) is 23.6 Å². The molecule has 2 heterocycles. The van der Waals surface area contributed by atoms with E-state index < -0.39 is 10.0 Å². The molecule has 5 nitrogen and oxygen atoms in total. The van der Waals surface area contributed by atoms with E-state index in [0.717, 1.165) is 4.88 Å². The van der Waals surface area contributed by atoms with Crippen molar-refractivity contribution in [1.29, 1.82) is 0 Å². The van der Waals surface area contributed by atoms with Gasteiger partial charge in [-0.2, -0.15) is 4.31 Å². The molecule has 0 fully saturated rings. The molecule has 21 heavy (non-hydrogen) atoms. The monoisotopic (exact) mass is 346 g/mol. The summed E-state index contributed by atoms with van der Waals surface area (Å²) in [6.45, 7) is 0.906. The Morgan fingerprint density at radius 1 is 1.43 bits per heavy atom. The Morgan fingerprint density at radius 3 is 2.86 bits per heavy atom. The Hall–Kier alpha value is -0.990. The maximum atomic E-state index is 12.7. The van der Waals surface area contributed by atoms with Crippen LogP contribution in [0.2, 0.25) is 5.15 Å². The molecule has 0 bridgehead atoms. The molecule has 0 saturated carbocycles. The Kier molecular flexibility index (Phi) is 5.72. The second kappa shape index (κ2) is 7.33. The van der Waals surface area contributed by atoms with Crippen molar-refractivity contribution in [1.82, 2.24) is 9.29 Å². The highest BCUT2D eigenvalue weighted by Gasteiger charge is 2.25. The molecule has 0 unspecified atom stereocenters. The summed E-state index contributed by atoms with van der Waals surface area (Å²) < 4.78 is 31.8. The summed E-state index contributed by atoms with van der Waals surface area (Å²) in [6, 6.07) is 6.59. The van der Waals surface area contributed by atoms with Crippen molar-refractivity contribution in [3.05, 3.63) is 45.9 Å². The van der Waals surface area contributed by atoms with E-state index in [-0.39, 0.29) is 16.6 Å². The zero-order valence-corrected chi connectivity index (χ0v) is 13.8. The first-order chi connectivity index (χ1) is 10.0. The predicted molar refractivity (Wildman–Crippen MR) is 83.0 cm³/mol. The number of hydrogen-bond donors (Lipinski definition) is 0. The number of pyridine rings is 1. The van der Waals surface area contributed by atoms with E-state index in [9.17, 15) is 8.42 Å². The third kappa shape index (κ3) is 4.24. The van der Waals surface area contributed by atoms with Crippen LogP contribution in [0.15, 0.2) is 40.7 Å². The molecule has 0 saturated heterocycles. The van der Waals surface area contributed by atoms with Crippen molar-refractivity contribution in [2.45, 2.75) is 11.4 Å². The Balaban J connectivity index is 2.29. The molecule has 0 N–H and O–H groups in total. The number of ether oxygens (including phenoxy) is 1. The molecule has 114 valence electrons. The minimum absolute atomic E-state index is 0.134. The van der Waals surface area contributed by atoms with Crippen LogP contribution >= 0.6 is 22.9 Å². The Bertz CT molecular complexity index is 674. The molecule has 0 aromatic carbocycles. The normalized spacial score (nSPS) is 12.0. The smallest absolute Gasteiger partial charge is 0.243 e. The maximum Gasteiger partial charge on any atom is 0.243 e. The standard InChI is InChI=1S/C13H15ClN2O3S2/c1-19-7-6-16(10-11-3-2-8-20-11)21(17,18)12-4-5-15-13(14)9-12/h2-5,8-9H,6-7,10H2,1H3. The minimum atomic E-state index is -3.64. The number of halogens is 1. The fraction of sp³-hybridized carbons (Fsp3) is 0.308. The summed E-state index contributed by atoms with van der Waals surface area (Å²) in [5.74, 6) is 0. The zero-order valence-electron chi connectivity index (χ0n) is 11.4. The summed E-state index contributed by atoms with van der Waals surface area (Å²) in [6.07, 6.45) is 1.38. The van der Waals surface area contributed by atoms with Crippen molar-refractivity contribution in [2.24, 2.45) is 0 Å². The molecule has 0 aliphatic heterocycles. The van der Waals surface area contributed by atoms with Gasteiger partial charge in [-0.3, -0.25) is 0 Å². The highest BCUT2D eigenvalue weighted by molar-refractivity contribution is 7.89. The van der Waals surface area contributed by atoms with Crippen LogP contribution < -0.4 is 0 Å². The highest BCUT2D eigenvalue weighted by atomic mass is 35.5. The lowest BCUT2D eigenvalue weighted by Crippen LogP contribution is -2.33. The second-order valence-electron chi connectivity index (χ2n) is 4.23. The van der Waals surface area contributed by atoms with Crippen molar-refractivity contribution < 1.29 is 13.2 Å². The first-order valence-corrected chi connectivity index (χ1v) is 8.87. The Labute approximate surface area is 133 Å². The quantitative estimate of drug-likeness (QED) is 0.723. The molecule has 0 atom stereocenters. The van der Waals surface area contributed by atoms with E-state index >= 15 is 0 Å². The lowest BCUT2D eigenvalue weighted by molar-refractivity contribution is 0.177. The molecule has 0 amide bonds. The molecule has 2 rings (SSSR count). The van der Waals surface area contributed by atoms with Gasteiger partial charge in [-0.15, -0.1) is 11.3 Å². The molecular weight excluding hydrogens is 332 g/mol. The van der Waals surface area contributed by atoms with Gasteiger partial charge in [0.05, 0.1) is 11.5 Å². The van der Waals surface area contributed by atoms with Crippen LogP contribution in [0.5, 0.6) is 0 Å². The summed E-state index contributed by atoms with van der Waals surface area (Å²) in [5.41, 5.74) is 0. The number of rotatable bonds is 7. The molecule has 2 aromatic rings. The summed E-state index contributed by atoms with van der Waals surface area (Å²) in [4.78, 5) is 4.91. The van der Waals surface area contributed by atoms with Crippen LogP contribution in [-0.2, 0) is 21.3 Å². The van der Waals surface area contributed by atoms with Crippen LogP contribution in [-0.4, -0.2) is 38.0 Å². The number of sulfonamides is 1. The number of aromatic nitrogens is 1. The summed E-state index contributed by atoms with van der Waals surface area (Å²) in [7, 11) is -2.10. The average Bonchev–Trinajstić information content (AvgIpc) is 2.96. The first kappa shape index (κ1) is 16.4. The second-order valence-corrected chi connectivity index (χ2v) is 7.58. The van der Waals surface area contributed by atoms with Crippen molar-refractivity contribution >= 4 is 33.0 Å². The largest absolute Gasteiger partial charge is 0.383 e. The van der Waals surface area contributed by atoms with E-state index in [4.69, 9.17) is 16.3 Å². The number of nitrogens with zero attached hydrogens (tertiary/aromatic N) is 2. The SMILES string of the molecule is COCCN(Cc1cccs1)S(=O)(=O)c1ccnc(Cl)c1. The molecule has 2 aromatic heterocycles. The predicted octanol–water partition coefficient (Wildman–Crippen LogP) is 2.63. The van der Waals surface area contributed by atoms with Crippen LogP contribution in [0, 0.1) is 0 Å². The summed E-state index contributed by atoms with van der Waals surface area (Å²) >= 11 is 7.30. The zero-order chi connectivity index (χ0) is 15.3. The van der Waals surface area contributed by atoms with Gasteiger partial charge in [0, 0.05) is 31.3 Å². The molecule has 0 aliphatic carbocycles. The molecule has 8 heteroatoms. The fourth-order valence-electron chi connectivity index (χ4n) is 1.75. The van der Waals surface area contributed by atoms with Crippen LogP contribution in [0.1, 0.15) is 4.88 Å². The maximum absolute atomic E-state index is 12.7. The van der Waals surface area contributed by atoms with Gasteiger partial charge in [-0.25, -0.2) is 13.4 Å². The van der Waals surface area contributed by atoms with Gasteiger partial charge >= 0.3 is 0 Å². The lowest BCUT2D eigenvalue weighted by atomic mass is 10.4. The third-order valence-corrected chi connectivity index (χ3v) is 5.70. The van der Waals surface area contributed by atoms with Gasteiger partial charge in [0.15, 0.2) is 0 Å². The van der Waals surface area contributed by atoms with E-state index in [1.807, 2.05) is 17.5 Å².